The first kappa shape index (κ1) is 14.0. The quantitative estimate of drug-likeness (QED) is 0.931. The van der Waals surface area contributed by atoms with Crippen LogP contribution in [0.25, 0.3) is 0 Å². The van der Waals surface area contributed by atoms with Crippen molar-refractivity contribution >= 4 is 5.97 Å². The van der Waals surface area contributed by atoms with E-state index in [9.17, 15) is 14.0 Å². The van der Waals surface area contributed by atoms with Gasteiger partial charge in [0.1, 0.15) is 5.82 Å². The summed E-state index contributed by atoms with van der Waals surface area (Å²) in [6, 6.07) is 3.56. The number of halogens is 1. The molecule has 1 aromatic heterocycles. The number of aromatic carboxylic acids is 1. The Morgan fingerprint density at radius 1 is 1.35 bits per heavy atom. The van der Waals surface area contributed by atoms with E-state index in [1.807, 2.05) is 13.8 Å². The number of aromatic nitrogens is 2. The molecule has 0 aliphatic carbocycles. The van der Waals surface area contributed by atoms with E-state index < -0.39 is 11.8 Å². The molecular weight excluding hydrogens is 263 g/mol. The van der Waals surface area contributed by atoms with Gasteiger partial charge in [0.05, 0.1) is 12.1 Å². The van der Waals surface area contributed by atoms with E-state index in [1.165, 1.54) is 21.3 Å². The maximum Gasteiger partial charge on any atom is 0.335 e. The van der Waals surface area contributed by atoms with Gasteiger partial charge in [-0.25, -0.2) is 14.0 Å². The van der Waals surface area contributed by atoms with Crippen molar-refractivity contribution in [1.29, 1.82) is 0 Å². The lowest BCUT2D eigenvalue weighted by molar-refractivity contribution is 0.0696. The number of carboxylic acids is 1. The van der Waals surface area contributed by atoms with Crippen LogP contribution in [-0.2, 0) is 6.54 Å². The minimum Gasteiger partial charge on any atom is -0.478 e. The van der Waals surface area contributed by atoms with Crippen molar-refractivity contribution in [3.8, 4) is 0 Å². The van der Waals surface area contributed by atoms with Crippen LogP contribution in [0.4, 0.5) is 4.39 Å². The van der Waals surface area contributed by atoms with Gasteiger partial charge < -0.3 is 5.11 Å². The molecule has 0 radical (unpaired) electrons. The van der Waals surface area contributed by atoms with E-state index in [0.29, 0.717) is 0 Å². The summed E-state index contributed by atoms with van der Waals surface area (Å²) in [5, 5.41) is 8.90. The summed E-state index contributed by atoms with van der Waals surface area (Å²) in [6.45, 7) is 3.75. The van der Waals surface area contributed by atoms with E-state index in [2.05, 4.69) is 0 Å². The maximum absolute atomic E-state index is 13.7. The van der Waals surface area contributed by atoms with Crippen molar-refractivity contribution in [2.45, 2.75) is 26.4 Å². The average molecular weight is 278 g/mol. The molecule has 0 bridgehead atoms. The Labute approximate surface area is 114 Å². The molecule has 2 rings (SSSR count). The molecule has 1 N–H and O–H groups in total. The molecule has 1 heterocycles. The molecule has 2 aromatic rings. The molecule has 5 nitrogen and oxygen atoms in total. The summed E-state index contributed by atoms with van der Waals surface area (Å²) >= 11 is 0. The number of nitrogens with zero attached hydrogens (tertiary/aromatic N) is 2. The van der Waals surface area contributed by atoms with Crippen molar-refractivity contribution in [2.75, 3.05) is 0 Å². The molecule has 106 valence electrons. The summed E-state index contributed by atoms with van der Waals surface area (Å²) in [6.07, 6.45) is 3.20. The van der Waals surface area contributed by atoms with Crippen LogP contribution in [0.1, 0.15) is 35.8 Å². The Balaban J connectivity index is 2.37. The van der Waals surface area contributed by atoms with Crippen LogP contribution in [0.5, 0.6) is 0 Å². The van der Waals surface area contributed by atoms with Crippen LogP contribution in [-0.4, -0.2) is 20.2 Å². The highest BCUT2D eigenvalue weighted by atomic mass is 19.1. The standard InChI is InChI=1S/C14H15FN2O3/c1-9(2)17-6-5-16(14(17)20)8-11-7-10(13(18)19)3-4-12(11)15/h3-7,9H,8H2,1-2H3,(H,18,19). The smallest absolute Gasteiger partial charge is 0.335 e. The highest BCUT2D eigenvalue weighted by Crippen LogP contribution is 2.12. The lowest BCUT2D eigenvalue weighted by Gasteiger charge is -2.07. The van der Waals surface area contributed by atoms with Gasteiger partial charge in [0.25, 0.3) is 0 Å². The lowest BCUT2D eigenvalue weighted by atomic mass is 10.1. The van der Waals surface area contributed by atoms with Gasteiger partial charge in [-0.2, -0.15) is 0 Å². The molecule has 0 unspecified atom stereocenters. The molecule has 0 spiro atoms. The van der Waals surface area contributed by atoms with E-state index >= 15 is 0 Å². The molecule has 0 atom stereocenters. The first-order valence-corrected chi connectivity index (χ1v) is 6.19. The SMILES string of the molecule is CC(C)n1ccn(Cc2cc(C(=O)O)ccc2F)c1=O. The van der Waals surface area contributed by atoms with Crippen LogP contribution >= 0.6 is 0 Å². The zero-order chi connectivity index (χ0) is 14.9. The van der Waals surface area contributed by atoms with Gasteiger partial charge in [-0.3, -0.25) is 9.13 Å². The third-order valence-corrected chi connectivity index (χ3v) is 3.06. The van der Waals surface area contributed by atoms with E-state index in [-0.39, 0.29) is 29.4 Å². The predicted octanol–water partition coefficient (Wildman–Crippen LogP) is 2.12. The highest BCUT2D eigenvalue weighted by Gasteiger charge is 2.11. The van der Waals surface area contributed by atoms with Crippen LogP contribution in [0.3, 0.4) is 0 Å². The molecule has 0 aliphatic heterocycles. The number of benzene rings is 1. The van der Waals surface area contributed by atoms with Crippen molar-refractivity contribution in [2.24, 2.45) is 0 Å². The van der Waals surface area contributed by atoms with Gasteiger partial charge >= 0.3 is 11.7 Å². The lowest BCUT2D eigenvalue weighted by Crippen LogP contribution is -2.25. The summed E-state index contributed by atoms with van der Waals surface area (Å²) in [7, 11) is 0. The fourth-order valence-electron chi connectivity index (χ4n) is 1.95. The minimum absolute atomic E-state index is 0.00209. The van der Waals surface area contributed by atoms with Crippen LogP contribution in [0, 0.1) is 5.82 Å². The summed E-state index contributed by atoms with van der Waals surface area (Å²) < 4.78 is 16.6. The molecule has 0 aliphatic rings. The summed E-state index contributed by atoms with van der Waals surface area (Å²) in [5.74, 6) is -1.66. The van der Waals surface area contributed by atoms with E-state index in [0.717, 1.165) is 6.07 Å². The van der Waals surface area contributed by atoms with Crippen LogP contribution in [0.2, 0.25) is 0 Å². The zero-order valence-corrected chi connectivity index (χ0v) is 11.2. The monoisotopic (exact) mass is 278 g/mol. The van der Waals surface area contributed by atoms with Crippen LogP contribution < -0.4 is 5.69 Å². The van der Waals surface area contributed by atoms with Gasteiger partial charge in [-0.05, 0) is 32.0 Å². The van der Waals surface area contributed by atoms with E-state index in [4.69, 9.17) is 5.11 Å². The Hall–Kier alpha value is -2.37. The Morgan fingerprint density at radius 2 is 2.05 bits per heavy atom. The van der Waals surface area contributed by atoms with Crippen molar-refractivity contribution in [3.63, 3.8) is 0 Å². The number of carbonyl (C=O) groups is 1. The molecule has 1 aromatic carbocycles. The van der Waals surface area contributed by atoms with Gasteiger partial charge in [0.2, 0.25) is 0 Å². The first-order valence-electron chi connectivity index (χ1n) is 6.19. The summed E-state index contributed by atoms with van der Waals surface area (Å²) in [5.41, 5.74) is -0.0774. The predicted molar refractivity (Wildman–Crippen MR) is 71.5 cm³/mol. The van der Waals surface area contributed by atoms with Gasteiger partial charge in [-0.15, -0.1) is 0 Å². The molecule has 0 saturated carbocycles. The summed E-state index contributed by atoms with van der Waals surface area (Å²) in [4.78, 5) is 22.9. The Morgan fingerprint density at radius 3 is 2.60 bits per heavy atom. The van der Waals surface area contributed by atoms with Gasteiger partial charge in [0.15, 0.2) is 0 Å². The second kappa shape index (κ2) is 5.32. The van der Waals surface area contributed by atoms with Crippen LogP contribution in [0.15, 0.2) is 35.4 Å². The normalized spacial score (nSPS) is 11.0. The first-order chi connectivity index (χ1) is 9.40. The zero-order valence-electron chi connectivity index (χ0n) is 11.2. The maximum atomic E-state index is 13.7. The fourth-order valence-corrected chi connectivity index (χ4v) is 1.95. The largest absolute Gasteiger partial charge is 0.478 e. The third kappa shape index (κ3) is 2.64. The van der Waals surface area contributed by atoms with Gasteiger partial charge in [0, 0.05) is 24.0 Å². The second-order valence-corrected chi connectivity index (χ2v) is 4.82. The molecule has 0 saturated heterocycles. The molecular formula is C14H15FN2O3. The molecule has 0 amide bonds. The topological polar surface area (TPSA) is 64.2 Å². The Kier molecular flexibility index (Phi) is 3.74. The van der Waals surface area contributed by atoms with Crippen molar-refractivity contribution in [1.82, 2.24) is 9.13 Å². The number of hydrogen-bond acceptors (Lipinski definition) is 2. The van der Waals surface area contributed by atoms with Crippen molar-refractivity contribution in [3.05, 3.63) is 58.0 Å². The average Bonchev–Trinajstić information content (AvgIpc) is 2.73. The van der Waals surface area contributed by atoms with E-state index in [1.54, 1.807) is 12.4 Å². The molecule has 6 heteroatoms. The number of imidazole rings is 1. The third-order valence-electron chi connectivity index (χ3n) is 3.06. The molecule has 0 fully saturated rings. The number of rotatable bonds is 4. The second-order valence-electron chi connectivity index (χ2n) is 4.82. The minimum atomic E-state index is -1.13. The van der Waals surface area contributed by atoms with Crippen molar-refractivity contribution < 1.29 is 14.3 Å². The Bertz CT molecular complexity index is 701. The van der Waals surface area contributed by atoms with Gasteiger partial charge in [-0.1, -0.05) is 0 Å². The number of carboxylic acid groups (broad SMARTS) is 1. The fraction of sp³-hybridized carbons (Fsp3) is 0.286. The highest BCUT2D eigenvalue weighted by molar-refractivity contribution is 5.87. The number of hydrogen-bond donors (Lipinski definition) is 1. The molecule has 20 heavy (non-hydrogen) atoms.